The molecule has 21 heavy (non-hydrogen) atoms. The van der Waals surface area contributed by atoms with E-state index < -0.39 is 17.4 Å². The van der Waals surface area contributed by atoms with E-state index in [4.69, 9.17) is 9.84 Å². The molecule has 0 bridgehead atoms. The van der Waals surface area contributed by atoms with E-state index in [1.165, 1.54) is 0 Å². The Morgan fingerprint density at radius 2 is 1.90 bits per heavy atom. The van der Waals surface area contributed by atoms with Gasteiger partial charge < -0.3 is 14.7 Å². The van der Waals surface area contributed by atoms with Crippen molar-refractivity contribution in [3.63, 3.8) is 0 Å². The molecular weight excluding hydrogens is 274 g/mol. The van der Waals surface area contributed by atoms with Crippen molar-refractivity contribution in [3.8, 4) is 0 Å². The summed E-state index contributed by atoms with van der Waals surface area (Å²) in [5.41, 5.74) is -0.625. The van der Waals surface area contributed by atoms with Crippen molar-refractivity contribution in [1.82, 2.24) is 4.90 Å². The number of hydrogen-bond donors (Lipinski definition) is 1. The molecule has 1 unspecified atom stereocenters. The fourth-order valence-electron chi connectivity index (χ4n) is 2.70. The zero-order valence-corrected chi connectivity index (χ0v) is 13.1. The fourth-order valence-corrected chi connectivity index (χ4v) is 2.70. The predicted molar refractivity (Wildman–Crippen MR) is 76.6 cm³/mol. The summed E-state index contributed by atoms with van der Waals surface area (Å²) in [6.45, 7) is 6.07. The number of aliphatic carboxylic acids is 1. The number of carbonyl (C=O) groups is 3. The summed E-state index contributed by atoms with van der Waals surface area (Å²) < 4.78 is 5.03. The number of ether oxygens (including phenoxy) is 1. The third-order valence-electron chi connectivity index (χ3n) is 3.64. The van der Waals surface area contributed by atoms with Crippen molar-refractivity contribution in [2.75, 3.05) is 13.2 Å². The lowest BCUT2D eigenvalue weighted by Gasteiger charge is -2.36. The number of esters is 1. The first-order valence-corrected chi connectivity index (χ1v) is 7.45. The third kappa shape index (κ3) is 5.36. The molecule has 6 nitrogen and oxygen atoms in total. The van der Waals surface area contributed by atoms with E-state index in [1.54, 1.807) is 25.7 Å². The van der Waals surface area contributed by atoms with Gasteiger partial charge in [0.25, 0.3) is 0 Å². The number of likely N-dealkylation sites (tertiary alicyclic amines) is 1. The number of rotatable bonds is 6. The first-order valence-electron chi connectivity index (χ1n) is 7.45. The topological polar surface area (TPSA) is 83.9 Å². The van der Waals surface area contributed by atoms with Gasteiger partial charge in [-0.05, 0) is 31.6 Å². The number of carbonyl (C=O) groups excluding carboxylic acids is 2. The highest BCUT2D eigenvalue weighted by atomic mass is 16.5. The molecule has 1 N–H and O–H groups in total. The van der Waals surface area contributed by atoms with E-state index >= 15 is 0 Å². The summed E-state index contributed by atoms with van der Waals surface area (Å²) in [4.78, 5) is 36.8. The van der Waals surface area contributed by atoms with E-state index in [0.717, 1.165) is 12.8 Å². The lowest BCUT2D eigenvalue weighted by atomic mass is 9.84. The second-order valence-electron chi connectivity index (χ2n) is 6.26. The summed E-state index contributed by atoms with van der Waals surface area (Å²) in [5, 5.41) is 8.88. The molecule has 0 aliphatic carbocycles. The van der Waals surface area contributed by atoms with Crippen LogP contribution in [0.2, 0.25) is 0 Å². The predicted octanol–water partition coefficient (Wildman–Crippen LogP) is 1.82. The standard InChI is InChI=1S/C15H25NO5/c1-4-21-14(20)11-7-5-6-8-16(11)12(17)9-15(2,3)10-13(18)19/h11H,4-10H2,1-3H3,(H,18,19). The molecule has 1 saturated heterocycles. The minimum absolute atomic E-state index is 0.0728. The number of piperidine rings is 1. The molecule has 0 aromatic rings. The molecule has 0 saturated carbocycles. The van der Waals surface area contributed by atoms with Crippen LogP contribution in [0.3, 0.4) is 0 Å². The second kappa shape index (κ2) is 7.43. The van der Waals surface area contributed by atoms with Crippen molar-refractivity contribution in [2.45, 2.75) is 58.9 Å². The highest BCUT2D eigenvalue weighted by Gasteiger charge is 2.35. The number of hydrogen-bond acceptors (Lipinski definition) is 4. The Morgan fingerprint density at radius 1 is 1.24 bits per heavy atom. The largest absolute Gasteiger partial charge is 0.481 e. The number of carboxylic acid groups (broad SMARTS) is 1. The molecule has 0 radical (unpaired) electrons. The van der Waals surface area contributed by atoms with Crippen molar-refractivity contribution in [1.29, 1.82) is 0 Å². The molecule has 1 heterocycles. The Balaban J connectivity index is 2.73. The van der Waals surface area contributed by atoms with Gasteiger partial charge in [-0.1, -0.05) is 13.8 Å². The van der Waals surface area contributed by atoms with Crippen LogP contribution in [-0.4, -0.2) is 47.0 Å². The first-order chi connectivity index (χ1) is 9.76. The summed E-state index contributed by atoms with van der Waals surface area (Å²) in [6.07, 6.45) is 2.42. The van der Waals surface area contributed by atoms with E-state index in [-0.39, 0.29) is 24.7 Å². The van der Waals surface area contributed by atoms with Crippen LogP contribution < -0.4 is 0 Å². The van der Waals surface area contributed by atoms with Crippen molar-refractivity contribution in [3.05, 3.63) is 0 Å². The molecule has 120 valence electrons. The summed E-state index contributed by atoms with van der Waals surface area (Å²) in [7, 11) is 0. The van der Waals surface area contributed by atoms with Crippen LogP contribution in [0.1, 0.15) is 52.9 Å². The zero-order valence-electron chi connectivity index (χ0n) is 13.1. The average molecular weight is 299 g/mol. The van der Waals surface area contributed by atoms with Gasteiger partial charge in [0, 0.05) is 13.0 Å². The van der Waals surface area contributed by atoms with Gasteiger partial charge in [0.1, 0.15) is 6.04 Å². The first kappa shape index (κ1) is 17.5. The van der Waals surface area contributed by atoms with Crippen LogP contribution in [0, 0.1) is 5.41 Å². The molecule has 0 aromatic carbocycles. The Bertz CT molecular complexity index is 405. The van der Waals surface area contributed by atoms with E-state index in [0.29, 0.717) is 19.6 Å². The van der Waals surface area contributed by atoms with Gasteiger partial charge in [-0.25, -0.2) is 4.79 Å². The minimum atomic E-state index is -0.923. The zero-order chi connectivity index (χ0) is 16.0. The smallest absolute Gasteiger partial charge is 0.328 e. The lowest BCUT2D eigenvalue weighted by Crippen LogP contribution is -2.49. The Labute approximate surface area is 125 Å². The van der Waals surface area contributed by atoms with Crippen LogP contribution in [0.25, 0.3) is 0 Å². The van der Waals surface area contributed by atoms with E-state index in [1.807, 2.05) is 0 Å². The van der Waals surface area contributed by atoms with Gasteiger partial charge in [-0.3, -0.25) is 9.59 Å². The molecule has 1 amide bonds. The van der Waals surface area contributed by atoms with Crippen LogP contribution >= 0.6 is 0 Å². The maximum absolute atomic E-state index is 12.4. The van der Waals surface area contributed by atoms with Crippen LogP contribution in [0.15, 0.2) is 0 Å². The Hall–Kier alpha value is -1.59. The second-order valence-corrected chi connectivity index (χ2v) is 6.26. The molecule has 1 atom stereocenters. The maximum atomic E-state index is 12.4. The van der Waals surface area contributed by atoms with Crippen LogP contribution in [0.4, 0.5) is 0 Å². The lowest BCUT2D eigenvalue weighted by molar-refractivity contribution is -0.157. The van der Waals surface area contributed by atoms with E-state index in [9.17, 15) is 14.4 Å². The van der Waals surface area contributed by atoms with Crippen molar-refractivity contribution in [2.24, 2.45) is 5.41 Å². The SMILES string of the molecule is CCOC(=O)C1CCCCN1C(=O)CC(C)(C)CC(=O)O. The van der Waals surface area contributed by atoms with Gasteiger partial charge >= 0.3 is 11.9 Å². The average Bonchev–Trinajstić information content (AvgIpc) is 2.36. The van der Waals surface area contributed by atoms with Crippen LogP contribution in [-0.2, 0) is 19.1 Å². The minimum Gasteiger partial charge on any atom is -0.481 e. The number of carboxylic acids is 1. The highest BCUT2D eigenvalue weighted by molar-refractivity contribution is 5.85. The molecule has 0 spiro atoms. The molecule has 6 heteroatoms. The number of nitrogens with zero attached hydrogens (tertiary/aromatic N) is 1. The molecule has 1 aliphatic rings. The molecule has 1 aliphatic heterocycles. The Morgan fingerprint density at radius 3 is 2.48 bits per heavy atom. The fraction of sp³-hybridized carbons (Fsp3) is 0.800. The Kier molecular flexibility index (Phi) is 6.18. The van der Waals surface area contributed by atoms with Gasteiger partial charge in [-0.15, -0.1) is 0 Å². The molecule has 0 aromatic heterocycles. The molecule has 1 fully saturated rings. The van der Waals surface area contributed by atoms with Gasteiger partial charge in [0.15, 0.2) is 0 Å². The molecular formula is C15H25NO5. The van der Waals surface area contributed by atoms with E-state index in [2.05, 4.69) is 0 Å². The summed E-state index contributed by atoms with van der Waals surface area (Å²) >= 11 is 0. The summed E-state index contributed by atoms with van der Waals surface area (Å²) in [6, 6.07) is -0.521. The maximum Gasteiger partial charge on any atom is 0.328 e. The van der Waals surface area contributed by atoms with Gasteiger partial charge in [0.05, 0.1) is 13.0 Å². The third-order valence-corrected chi connectivity index (χ3v) is 3.64. The molecule has 1 rings (SSSR count). The monoisotopic (exact) mass is 299 g/mol. The number of amides is 1. The quantitative estimate of drug-likeness (QED) is 0.756. The van der Waals surface area contributed by atoms with Gasteiger partial charge in [-0.2, -0.15) is 0 Å². The highest BCUT2D eigenvalue weighted by Crippen LogP contribution is 2.28. The summed E-state index contributed by atoms with van der Waals surface area (Å²) in [5.74, 6) is -1.45. The normalized spacial score (nSPS) is 19.2. The van der Waals surface area contributed by atoms with Crippen molar-refractivity contribution < 1.29 is 24.2 Å². The van der Waals surface area contributed by atoms with Gasteiger partial charge in [0.2, 0.25) is 5.91 Å². The van der Waals surface area contributed by atoms with Crippen molar-refractivity contribution >= 4 is 17.8 Å². The van der Waals surface area contributed by atoms with Crippen LogP contribution in [0.5, 0.6) is 0 Å².